The summed E-state index contributed by atoms with van der Waals surface area (Å²) in [7, 11) is 0. The van der Waals surface area contributed by atoms with E-state index in [0.717, 1.165) is 24.3 Å². The lowest BCUT2D eigenvalue weighted by atomic mass is 9.78. The van der Waals surface area contributed by atoms with E-state index in [2.05, 4.69) is 0 Å². The van der Waals surface area contributed by atoms with Crippen molar-refractivity contribution in [2.24, 2.45) is 5.92 Å². The van der Waals surface area contributed by atoms with Gasteiger partial charge in [0.15, 0.2) is 34.8 Å². The molecule has 0 bridgehead atoms. The molecule has 0 aromatic heterocycles. The molecule has 1 unspecified atom stereocenters. The number of ether oxygens (including phenoxy) is 2. The Balaban J connectivity index is 1.40. The van der Waals surface area contributed by atoms with Gasteiger partial charge in [0.05, 0.1) is 19.3 Å². The van der Waals surface area contributed by atoms with E-state index in [-0.39, 0.29) is 54.1 Å². The van der Waals surface area contributed by atoms with Crippen molar-refractivity contribution in [3.05, 3.63) is 82.4 Å². The van der Waals surface area contributed by atoms with Crippen LogP contribution in [0.4, 0.5) is 26.3 Å². The minimum atomic E-state index is -1.37. The Kier molecular flexibility index (Phi) is 9.10. The van der Waals surface area contributed by atoms with Crippen molar-refractivity contribution in [3.63, 3.8) is 0 Å². The van der Waals surface area contributed by atoms with Gasteiger partial charge in [-0.1, -0.05) is 19.1 Å². The van der Waals surface area contributed by atoms with Gasteiger partial charge in [-0.3, -0.25) is 0 Å². The average Bonchev–Trinajstić information content (AvgIpc) is 2.94. The third kappa shape index (κ3) is 5.88. The van der Waals surface area contributed by atoms with Crippen LogP contribution in [0.2, 0.25) is 0 Å². The molecule has 39 heavy (non-hydrogen) atoms. The summed E-state index contributed by atoms with van der Waals surface area (Å²) in [5, 5.41) is 9.88. The number of benzene rings is 3. The molecule has 1 aliphatic rings. The molecule has 1 aliphatic carbocycles. The van der Waals surface area contributed by atoms with E-state index < -0.39 is 52.1 Å². The van der Waals surface area contributed by atoms with Crippen LogP contribution in [-0.2, 0) is 0 Å². The van der Waals surface area contributed by atoms with Gasteiger partial charge in [0.25, 0.3) is 0 Å². The van der Waals surface area contributed by atoms with Crippen molar-refractivity contribution in [1.82, 2.24) is 0 Å². The van der Waals surface area contributed by atoms with Crippen molar-refractivity contribution >= 4 is 0 Å². The molecule has 0 spiro atoms. The molecule has 0 aliphatic heterocycles. The second kappa shape index (κ2) is 12.3. The van der Waals surface area contributed by atoms with Gasteiger partial charge in [0.2, 0.25) is 11.6 Å². The van der Waals surface area contributed by atoms with Crippen LogP contribution in [-0.4, -0.2) is 18.3 Å². The summed E-state index contributed by atoms with van der Waals surface area (Å²) < 4.78 is 98.0. The first-order valence-electron chi connectivity index (χ1n) is 13.1. The van der Waals surface area contributed by atoms with Crippen molar-refractivity contribution in [2.75, 3.05) is 13.2 Å². The molecular weight excluding hydrogens is 522 g/mol. The van der Waals surface area contributed by atoms with Crippen LogP contribution in [0.15, 0.2) is 36.4 Å². The number of halogens is 6. The molecule has 0 saturated heterocycles. The fourth-order valence-corrected chi connectivity index (χ4v) is 5.08. The molecule has 3 aromatic carbocycles. The maximum Gasteiger partial charge on any atom is 0.201 e. The van der Waals surface area contributed by atoms with Gasteiger partial charge in [-0.15, -0.1) is 0 Å². The van der Waals surface area contributed by atoms with Crippen LogP contribution in [0.1, 0.15) is 69.1 Å². The second-order valence-corrected chi connectivity index (χ2v) is 9.74. The van der Waals surface area contributed by atoms with Crippen molar-refractivity contribution in [3.8, 4) is 22.6 Å². The lowest BCUT2D eigenvalue weighted by Gasteiger charge is -2.29. The minimum absolute atomic E-state index is 0.0184. The van der Waals surface area contributed by atoms with Gasteiger partial charge in [-0.25, -0.2) is 17.6 Å². The van der Waals surface area contributed by atoms with Gasteiger partial charge in [-0.05, 0) is 80.7 Å². The standard InChI is InChI=1S/C30H30F6O3/c1-3-22(37)21-10-9-18(25(31)28(21)34)17-7-5-16(6-8-17)15-39-24-14-12-20(27(33)30(24)36)19-11-13-23(38-4-2)29(35)26(19)32/h9-14,16-17,22,37H,3-8,15H2,1-2H3. The highest BCUT2D eigenvalue weighted by atomic mass is 19.2. The zero-order chi connectivity index (χ0) is 28.3. The maximum atomic E-state index is 14.8. The topological polar surface area (TPSA) is 38.7 Å². The summed E-state index contributed by atoms with van der Waals surface area (Å²) in [6.07, 6.45) is 1.51. The van der Waals surface area contributed by atoms with Gasteiger partial charge < -0.3 is 14.6 Å². The van der Waals surface area contributed by atoms with E-state index in [1.807, 2.05) is 0 Å². The largest absolute Gasteiger partial charge is 0.491 e. The normalized spacial score (nSPS) is 18.2. The van der Waals surface area contributed by atoms with Crippen molar-refractivity contribution < 1.29 is 40.9 Å². The molecule has 3 nitrogen and oxygen atoms in total. The summed E-state index contributed by atoms with van der Waals surface area (Å²) in [6, 6.07) is 7.50. The molecule has 210 valence electrons. The second-order valence-electron chi connectivity index (χ2n) is 9.74. The first-order valence-corrected chi connectivity index (χ1v) is 13.1. The predicted molar refractivity (Wildman–Crippen MR) is 135 cm³/mol. The third-order valence-electron chi connectivity index (χ3n) is 7.33. The summed E-state index contributed by atoms with van der Waals surface area (Å²) in [5.41, 5.74) is -0.693. The van der Waals surface area contributed by atoms with Crippen molar-refractivity contribution in [1.29, 1.82) is 0 Å². The number of hydrogen-bond donors (Lipinski definition) is 1. The average molecular weight is 553 g/mol. The van der Waals surface area contributed by atoms with Crippen molar-refractivity contribution in [2.45, 2.75) is 58.0 Å². The Labute approximate surface area is 223 Å². The van der Waals surface area contributed by atoms with Crippen LogP contribution in [0.25, 0.3) is 11.1 Å². The summed E-state index contributed by atoms with van der Waals surface area (Å²) in [4.78, 5) is 0. The SMILES string of the molecule is CCOc1ccc(-c2ccc(OCC3CCC(c4ccc(C(O)CC)c(F)c4F)CC3)c(F)c2F)c(F)c1F. The van der Waals surface area contributed by atoms with Gasteiger partial charge >= 0.3 is 0 Å². The number of rotatable bonds is 9. The van der Waals surface area contributed by atoms with Gasteiger partial charge in [0.1, 0.15) is 0 Å². The minimum Gasteiger partial charge on any atom is -0.491 e. The Bertz CT molecular complexity index is 1320. The highest BCUT2D eigenvalue weighted by molar-refractivity contribution is 5.67. The zero-order valence-electron chi connectivity index (χ0n) is 21.7. The van der Waals surface area contributed by atoms with Crippen LogP contribution in [0.5, 0.6) is 11.5 Å². The highest BCUT2D eigenvalue weighted by Crippen LogP contribution is 2.39. The summed E-state index contributed by atoms with van der Waals surface area (Å²) in [5.74, 6) is -8.20. The lowest BCUT2D eigenvalue weighted by Crippen LogP contribution is -2.20. The molecule has 0 heterocycles. The summed E-state index contributed by atoms with van der Waals surface area (Å²) >= 11 is 0. The fraction of sp³-hybridized carbons (Fsp3) is 0.400. The van der Waals surface area contributed by atoms with Crippen LogP contribution in [0.3, 0.4) is 0 Å². The Morgan fingerprint density at radius 1 is 0.692 bits per heavy atom. The van der Waals surface area contributed by atoms with E-state index in [1.165, 1.54) is 12.1 Å². The molecule has 1 saturated carbocycles. The number of aliphatic hydroxyl groups is 1. The monoisotopic (exact) mass is 552 g/mol. The quantitative estimate of drug-likeness (QED) is 0.271. The zero-order valence-corrected chi connectivity index (χ0v) is 21.7. The molecule has 3 aromatic rings. The maximum absolute atomic E-state index is 14.8. The highest BCUT2D eigenvalue weighted by Gasteiger charge is 2.28. The van der Waals surface area contributed by atoms with Crippen LogP contribution in [0, 0.1) is 40.8 Å². The molecule has 4 rings (SSSR count). The van der Waals surface area contributed by atoms with E-state index in [0.29, 0.717) is 25.7 Å². The number of hydrogen-bond acceptors (Lipinski definition) is 3. The van der Waals surface area contributed by atoms with E-state index >= 15 is 0 Å². The Hall–Kier alpha value is -3.20. The molecule has 0 amide bonds. The molecule has 9 heteroatoms. The number of aliphatic hydroxyl groups excluding tert-OH is 1. The van der Waals surface area contributed by atoms with E-state index in [9.17, 15) is 31.4 Å². The fourth-order valence-electron chi connectivity index (χ4n) is 5.08. The molecule has 1 fully saturated rings. The van der Waals surface area contributed by atoms with E-state index in [4.69, 9.17) is 9.47 Å². The van der Waals surface area contributed by atoms with Crippen LogP contribution < -0.4 is 9.47 Å². The van der Waals surface area contributed by atoms with E-state index in [1.54, 1.807) is 13.8 Å². The smallest absolute Gasteiger partial charge is 0.201 e. The first-order chi connectivity index (χ1) is 18.7. The summed E-state index contributed by atoms with van der Waals surface area (Å²) in [6.45, 7) is 3.47. The molecule has 1 N–H and O–H groups in total. The predicted octanol–water partition coefficient (Wildman–Crippen LogP) is 8.38. The van der Waals surface area contributed by atoms with Crippen LogP contribution >= 0.6 is 0 Å². The lowest BCUT2D eigenvalue weighted by molar-refractivity contribution is 0.167. The third-order valence-corrected chi connectivity index (χ3v) is 7.33. The Morgan fingerprint density at radius 3 is 1.79 bits per heavy atom. The van der Waals surface area contributed by atoms with Gasteiger partial charge in [-0.2, -0.15) is 8.78 Å². The molecule has 0 radical (unpaired) electrons. The Morgan fingerprint density at radius 2 is 1.26 bits per heavy atom. The molecule has 1 atom stereocenters. The first kappa shape index (κ1) is 28.8. The molecular formula is C30H30F6O3. The van der Waals surface area contributed by atoms with Gasteiger partial charge in [0, 0.05) is 16.7 Å².